The summed E-state index contributed by atoms with van der Waals surface area (Å²) < 4.78 is 7.31. The zero-order valence-electron chi connectivity index (χ0n) is 17.9. The number of nitrogens with zero attached hydrogens (tertiary/aromatic N) is 5. The minimum absolute atomic E-state index is 0.306. The summed E-state index contributed by atoms with van der Waals surface area (Å²) in [7, 11) is 0. The number of aryl methyl sites for hydroxylation is 1. The number of ether oxygens (including phenoxy) is 1. The van der Waals surface area contributed by atoms with Crippen LogP contribution in [0.3, 0.4) is 0 Å². The van der Waals surface area contributed by atoms with E-state index < -0.39 is 29.8 Å². The van der Waals surface area contributed by atoms with Crippen LogP contribution in [0.1, 0.15) is 34.6 Å². The third-order valence-electron chi connectivity index (χ3n) is 5.50. The van der Waals surface area contributed by atoms with Crippen molar-refractivity contribution in [3.63, 3.8) is 0 Å². The van der Waals surface area contributed by atoms with Gasteiger partial charge in [0.05, 0.1) is 16.6 Å². The largest absolute Gasteiger partial charge is 0.443 e. The van der Waals surface area contributed by atoms with Crippen LogP contribution in [0.5, 0.6) is 0 Å². The molecule has 3 heterocycles. The topological polar surface area (TPSA) is 107 Å². The van der Waals surface area contributed by atoms with Crippen LogP contribution in [0.15, 0.2) is 53.7 Å². The van der Waals surface area contributed by atoms with E-state index in [9.17, 15) is 14.4 Å². The van der Waals surface area contributed by atoms with E-state index in [1.807, 2.05) is 31.2 Å². The van der Waals surface area contributed by atoms with Gasteiger partial charge in [0.2, 0.25) is 5.16 Å². The second kappa shape index (κ2) is 8.28. The molecule has 2 aromatic heterocycles. The fraction of sp³-hybridized carbons (Fsp3) is 0.217. The second-order valence-corrected chi connectivity index (χ2v) is 8.77. The highest BCUT2D eigenvalue weighted by atomic mass is 32.2. The lowest BCUT2D eigenvalue weighted by Gasteiger charge is -2.16. The molecule has 1 aliphatic rings. The Bertz CT molecular complexity index is 1400. The Kier molecular flexibility index (Phi) is 5.29. The number of thioether (sulfide) groups is 1. The highest BCUT2D eigenvalue weighted by Gasteiger charge is 2.36. The van der Waals surface area contributed by atoms with E-state index in [4.69, 9.17) is 4.74 Å². The maximum absolute atomic E-state index is 12.5. The van der Waals surface area contributed by atoms with Crippen molar-refractivity contribution < 1.29 is 19.1 Å². The number of carbonyl (C=O) groups is 3. The number of para-hydroxylation sites is 1. The summed E-state index contributed by atoms with van der Waals surface area (Å²) in [5, 5.41) is 9.16. The fourth-order valence-corrected chi connectivity index (χ4v) is 4.58. The molecule has 166 valence electrons. The van der Waals surface area contributed by atoms with E-state index >= 15 is 0 Å². The van der Waals surface area contributed by atoms with Gasteiger partial charge in [-0.05, 0) is 32.0 Å². The van der Waals surface area contributed by atoms with Crippen molar-refractivity contribution in [2.45, 2.75) is 30.8 Å². The van der Waals surface area contributed by atoms with Crippen LogP contribution < -0.4 is 0 Å². The first-order chi connectivity index (χ1) is 16.0. The van der Waals surface area contributed by atoms with E-state index in [1.54, 1.807) is 31.2 Å². The smallest absolute Gasteiger partial charge is 0.320 e. The predicted molar refractivity (Wildman–Crippen MR) is 122 cm³/mol. The molecule has 0 saturated heterocycles. The second-order valence-electron chi connectivity index (χ2n) is 7.46. The molecular weight excluding hydrogens is 442 g/mol. The van der Waals surface area contributed by atoms with E-state index in [0.717, 1.165) is 27.6 Å². The molecule has 0 aliphatic carbocycles. The Morgan fingerprint density at radius 2 is 1.70 bits per heavy atom. The Hall–Kier alpha value is -3.79. The van der Waals surface area contributed by atoms with Crippen molar-refractivity contribution in [2.75, 3.05) is 6.73 Å². The number of rotatable bonds is 6. The monoisotopic (exact) mass is 461 g/mol. The molecule has 0 N–H and O–H groups in total. The normalized spacial score (nSPS) is 14.2. The van der Waals surface area contributed by atoms with Gasteiger partial charge in [0, 0.05) is 11.9 Å². The van der Waals surface area contributed by atoms with Crippen LogP contribution >= 0.6 is 11.8 Å². The Morgan fingerprint density at radius 1 is 1.03 bits per heavy atom. The molecule has 0 bridgehead atoms. The quantitative estimate of drug-likeness (QED) is 0.245. The van der Waals surface area contributed by atoms with Crippen LogP contribution in [0.2, 0.25) is 0 Å². The minimum Gasteiger partial charge on any atom is -0.443 e. The maximum Gasteiger partial charge on any atom is 0.320 e. The van der Waals surface area contributed by atoms with Crippen LogP contribution in [0.4, 0.5) is 0 Å². The predicted octanol–water partition coefficient (Wildman–Crippen LogP) is 3.28. The number of imide groups is 1. The van der Waals surface area contributed by atoms with Gasteiger partial charge in [-0.1, -0.05) is 42.1 Å². The van der Waals surface area contributed by atoms with Gasteiger partial charge in [-0.15, -0.1) is 10.2 Å². The first-order valence-electron chi connectivity index (χ1n) is 10.4. The summed E-state index contributed by atoms with van der Waals surface area (Å²) in [5.74, 6) is -1.54. The number of esters is 1. The highest BCUT2D eigenvalue weighted by molar-refractivity contribution is 8.00. The summed E-state index contributed by atoms with van der Waals surface area (Å²) in [5.41, 5.74) is 3.04. The highest BCUT2D eigenvalue weighted by Crippen LogP contribution is 2.28. The van der Waals surface area contributed by atoms with E-state index in [0.29, 0.717) is 34.0 Å². The maximum atomic E-state index is 12.5. The third kappa shape index (κ3) is 3.52. The van der Waals surface area contributed by atoms with Crippen LogP contribution in [-0.2, 0) is 16.1 Å². The van der Waals surface area contributed by atoms with Crippen molar-refractivity contribution in [1.29, 1.82) is 0 Å². The van der Waals surface area contributed by atoms with Crippen LogP contribution in [-0.4, -0.2) is 54.4 Å². The van der Waals surface area contributed by atoms with Gasteiger partial charge >= 0.3 is 5.97 Å². The van der Waals surface area contributed by atoms with Gasteiger partial charge in [-0.2, -0.15) is 0 Å². The molecule has 33 heavy (non-hydrogen) atoms. The number of amides is 2. The van der Waals surface area contributed by atoms with Gasteiger partial charge in [-0.25, -0.2) is 9.88 Å². The number of carbonyl (C=O) groups excluding carboxylic acids is 3. The van der Waals surface area contributed by atoms with Gasteiger partial charge < -0.3 is 9.30 Å². The zero-order chi connectivity index (χ0) is 23.1. The molecule has 9 nitrogen and oxygen atoms in total. The molecule has 0 radical (unpaired) electrons. The Labute approximate surface area is 192 Å². The van der Waals surface area contributed by atoms with Crippen molar-refractivity contribution >= 4 is 51.6 Å². The van der Waals surface area contributed by atoms with Crippen molar-refractivity contribution in [2.24, 2.45) is 0 Å². The molecule has 10 heteroatoms. The van der Waals surface area contributed by atoms with Gasteiger partial charge in [0.15, 0.2) is 12.4 Å². The lowest BCUT2D eigenvalue weighted by Crippen LogP contribution is -2.34. The average Bonchev–Trinajstić information content (AvgIpc) is 3.28. The Morgan fingerprint density at radius 3 is 2.39 bits per heavy atom. The van der Waals surface area contributed by atoms with Gasteiger partial charge in [0.1, 0.15) is 10.8 Å². The standard InChI is InChI=1S/C23H19N5O4S/c1-3-27-17-11-7-6-10-16(17)18-19(27)24-23(26-25-18)33-13(2)22(31)32-12-28-20(29)14-8-4-5-9-15(14)21(28)30/h4-11,13H,3,12H2,1-2H3. The summed E-state index contributed by atoms with van der Waals surface area (Å²) in [6, 6.07) is 14.4. The summed E-state index contributed by atoms with van der Waals surface area (Å²) >= 11 is 1.11. The molecule has 1 aliphatic heterocycles. The van der Waals surface area contributed by atoms with E-state index in [2.05, 4.69) is 19.7 Å². The molecule has 1 atom stereocenters. The summed E-state index contributed by atoms with van der Waals surface area (Å²) in [6.07, 6.45) is 0. The lowest BCUT2D eigenvalue weighted by molar-refractivity contribution is -0.145. The van der Waals surface area contributed by atoms with Crippen LogP contribution in [0.25, 0.3) is 22.1 Å². The van der Waals surface area contributed by atoms with Crippen LogP contribution in [0, 0.1) is 0 Å². The molecular formula is C23H19N5O4S. The zero-order valence-corrected chi connectivity index (χ0v) is 18.7. The van der Waals surface area contributed by atoms with Crippen molar-refractivity contribution in [3.05, 3.63) is 59.7 Å². The summed E-state index contributed by atoms with van der Waals surface area (Å²) in [4.78, 5) is 42.9. The molecule has 0 spiro atoms. The third-order valence-corrected chi connectivity index (χ3v) is 6.43. The van der Waals surface area contributed by atoms with Gasteiger partial charge in [-0.3, -0.25) is 14.4 Å². The number of hydrogen-bond acceptors (Lipinski definition) is 8. The van der Waals surface area contributed by atoms with Gasteiger partial charge in [0.25, 0.3) is 11.8 Å². The van der Waals surface area contributed by atoms with E-state index in [1.165, 1.54) is 0 Å². The van der Waals surface area contributed by atoms with E-state index in [-0.39, 0.29) is 0 Å². The lowest BCUT2D eigenvalue weighted by atomic mass is 10.1. The molecule has 2 aromatic carbocycles. The summed E-state index contributed by atoms with van der Waals surface area (Å²) in [6.45, 7) is 3.95. The number of fused-ring (bicyclic) bond motifs is 4. The fourth-order valence-electron chi connectivity index (χ4n) is 3.87. The SMILES string of the molecule is CCn1c2ccccc2c2nnc(SC(C)C(=O)OCN3C(=O)c4ccccc4C3=O)nc21. The number of aromatic nitrogens is 4. The molecule has 4 aromatic rings. The minimum atomic E-state index is -0.668. The first kappa shape index (κ1) is 21.1. The van der Waals surface area contributed by atoms with Crippen molar-refractivity contribution in [3.8, 4) is 0 Å². The molecule has 0 fully saturated rings. The molecule has 5 rings (SSSR count). The number of hydrogen-bond donors (Lipinski definition) is 0. The average molecular weight is 462 g/mol. The molecule has 2 amide bonds. The Balaban J connectivity index is 1.29. The molecule has 1 unspecified atom stereocenters. The number of benzene rings is 2. The first-order valence-corrected chi connectivity index (χ1v) is 11.3. The van der Waals surface area contributed by atoms with Crippen molar-refractivity contribution in [1.82, 2.24) is 24.6 Å². The molecule has 0 saturated carbocycles.